The first-order valence-electron chi connectivity index (χ1n) is 5.64. The zero-order valence-corrected chi connectivity index (χ0v) is 9.46. The largest absolute Gasteiger partial charge is 0.398 e. The van der Waals surface area contributed by atoms with E-state index < -0.39 is 0 Å². The van der Waals surface area contributed by atoms with Gasteiger partial charge in [-0.3, -0.25) is 0 Å². The van der Waals surface area contributed by atoms with Crippen molar-refractivity contribution in [2.75, 3.05) is 11.1 Å². The molecular formula is C12H19N3. The lowest BCUT2D eigenvalue weighted by Gasteiger charge is -2.13. The van der Waals surface area contributed by atoms with E-state index in [2.05, 4.69) is 17.2 Å². The maximum Gasteiger partial charge on any atom is 0.128 e. The van der Waals surface area contributed by atoms with Crippen molar-refractivity contribution in [2.45, 2.75) is 39.2 Å². The molecule has 0 saturated heterocycles. The van der Waals surface area contributed by atoms with Crippen molar-refractivity contribution in [3.05, 3.63) is 17.8 Å². The van der Waals surface area contributed by atoms with Gasteiger partial charge in [0.1, 0.15) is 5.82 Å². The van der Waals surface area contributed by atoms with Crippen molar-refractivity contribution in [3.8, 4) is 0 Å². The maximum atomic E-state index is 5.84. The van der Waals surface area contributed by atoms with E-state index in [4.69, 9.17) is 5.73 Å². The van der Waals surface area contributed by atoms with Crippen LogP contribution < -0.4 is 11.1 Å². The monoisotopic (exact) mass is 205 g/mol. The molecule has 2 atom stereocenters. The van der Waals surface area contributed by atoms with Gasteiger partial charge < -0.3 is 11.1 Å². The third kappa shape index (κ3) is 2.41. The van der Waals surface area contributed by atoms with Crippen LogP contribution in [0.2, 0.25) is 0 Å². The average molecular weight is 205 g/mol. The summed E-state index contributed by atoms with van der Waals surface area (Å²) in [4.78, 5) is 4.34. The molecule has 1 aromatic rings. The van der Waals surface area contributed by atoms with Crippen LogP contribution in [0.4, 0.5) is 11.5 Å². The van der Waals surface area contributed by atoms with E-state index in [0.29, 0.717) is 6.04 Å². The second kappa shape index (κ2) is 4.09. The van der Waals surface area contributed by atoms with Crippen LogP contribution in [-0.4, -0.2) is 11.0 Å². The van der Waals surface area contributed by atoms with Crippen LogP contribution in [0.5, 0.6) is 0 Å². The Morgan fingerprint density at radius 1 is 1.47 bits per heavy atom. The van der Waals surface area contributed by atoms with E-state index in [0.717, 1.165) is 23.0 Å². The molecule has 0 aromatic carbocycles. The molecule has 0 amide bonds. The fourth-order valence-electron chi connectivity index (χ4n) is 2.17. The lowest BCUT2D eigenvalue weighted by molar-refractivity contribution is 0.602. The highest BCUT2D eigenvalue weighted by molar-refractivity contribution is 5.53. The molecule has 2 unspecified atom stereocenters. The van der Waals surface area contributed by atoms with Crippen molar-refractivity contribution in [1.82, 2.24) is 4.98 Å². The number of nitrogen functional groups attached to an aromatic ring is 1. The second-order valence-corrected chi connectivity index (χ2v) is 4.69. The molecule has 3 nitrogen and oxygen atoms in total. The third-order valence-corrected chi connectivity index (χ3v) is 3.19. The molecule has 1 heterocycles. The molecule has 1 aliphatic rings. The topological polar surface area (TPSA) is 50.9 Å². The van der Waals surface area contributed by atoms with Crippen LogP contribution >= 0.6 is 0 Å². The number of aryl methyl sites for hydroxylation is 1. The molecule has 0 spiro atoms. The summed E-state index contributed by atoms with van der Waals surface area (Å²) < 4.78 is 0. The lowest BCUT2D eigenvalue weighted by Crippen LogP contribution is -2.16. The molecule has 0 radical (unpaired) electrons. The summed E-state index contributed by atoms with van der Waals surface area (Å²) in [6.07, 6.45) is 5.64. The van der Waals surface area contributed by atoms with Gasteiger partial charge in [0.25, 0.3) is 0 Å². The highest BCUT2D eigenvalue weighted by atomic mass is 15.0. The first-order chi connectivity index (χ1) is 7.15. The number of aromatic nitrogens is 1. The zero-order valence-electron chi connectivity index (χ0n) is 9.46. The smallest absolute Gasteiger partial charge is 0.128 e. The Bertz CT molecular complexity index is 349. The van der Waals surface area contributed by atoms with Crippen LogP contribution in [0.25, 0.3) is 0 Å². The number of nitrogens with zero attached hydrogens (tertiary/aromatic N) is 1. The Kier molecular flexibility index (Phi) is 2.80. The lowest BCUT2D eigenvalue weighted by atomic mass is 10.1. The van der Waals surface area contributed by atoms with Gasteiger partial charge in [0.15, 0.2) is 0 Å². The van der Waals surface area contributed by atoms with Gasteiger partial charge in [0.05, 0.1) is 0 Å². The predicted octanol–water partition coefficient (Wildman–Crippen LogP) is 2.57. The summed E-state index contributed by atoms with van der Waals surface area (Å²) in [6.45, 7) is 4.28. The Morgan fingerprint density at radius 2 is 2.27 bits per heavy atom. The van der Waals surface area contributed by atoms with Gasteiger partial charge in [-0.05, 0) is 37.7 Å². The van der Waals surface area contributed by atoms with Crippen molar-refractivity contribution < 1.29 is 0 Å². The van der Waals surface area contributed by atoms with Crippen LogP contribution in [0.15, 0.2) is 12.3 Å². The van der Waals surface area contributed by atoms with E-state index in [1.54, 1.807) is 0 Å². The first-order valence-corrected chi connectivity index (χ1v) is 5.64. The summed E-state index contributed by atoms with van der Waals surface area (Å²) in [6, 6.07) is 2.51. The summed E-state index contributed by atoms with van der Waals surface area (Å²) in [5, 5.41) is 3.45. The third-order valence-electron chi connectivity index (χ3n) is 3.19. The van der Waals surface area contributed by atoms with Gasteiger partial charge in [0.2, 0.25) is 0 Å². The van der Waals surface area contributed by atoms with Gasteiger partial charge >= 0.3 is 0 Å². The molecule has 1 aliphatic carbocycles. The zero-order chi connectivity index (χ0) is 10.8. The predicted molar refractivity (Wildman–Crippen MR) is 63.8 cm³/mol. The van der Waals surface area contributed by atoms with E-state index in [1.807, 2.05) is 19.2 Å². The molecule has 1 fully saturated rings. The number of hydrogen-bond donors (Lipinski definition) is 2. The molecular weight excluding hydrogens is 186 g/mol. The number of hydrogen-bond acceptors (Lipinski definition) is 3. The van der Waals surface area contributed by atoms with Crippen LogP contribution in [0, 0.1) is 12.8 Å². The van der Waals surface area contributed by atoms with Gasteiger partial charge in [-0.15, -0.1) is 0 Å². The van der Waals surface area contributed by atoms with E-state index >= 15 is 0 Å². The van der Waals surface area contributed by atoms with Crippen molar-refractivity contribution >= 4 is 11.5 Å². The normalized spacial score (nSPS) is 25.5. The number of nitrogens with two attached hydrogens (primary N) is 1. The summed E-state index contributed by atoms with van der Waals surface area (Å²) >= 11 is 0. The standard InChI is InChI=1S/C12H19N3/c1-8-3-4-10(5-8)15-12-6-11(13)9(2)7-14-12/h6-8,10H,3-5H2,1-2H3,(H3,13,14,15). The highest BCUT2D eigenvalue weighted by Crippen LogP contribution is 2.27. The maximum absolute atomic E-state index is 5.84. The minimum absolute atomic E-state index is 0.578. The minimum Gasteiger partial charge on any atom is -0.398 e. The Labute approximate surface area is 91.1 Å². The molecule has 2 rings (SSSR count). The van der Waals surface area contributed by atoms with Gasteiger partial charge in [0, 0.05) is 24.0 Å². The molecule has 1 aromatic heterocycles. The fourth-order valence-corrected chi connectivity index (χ4v) is 2.17. The van der Waals surface area contributed by atoms with Crippen molar-refractivity contribution in [2.24, 2.45) is 5.92 Å². The molecule has 3 heteroatoms. The quantitative estimate of drug-likeness (QED) is 0.780. The average Bonchev–Trinajstić information content (AvgIpc) is 2.58. The number of pyridine rings is 1. The van der Waals surface area contributed by atoms with E-state index in [-0.39, 0.29) is 0 Å². The molecule has 15 heavy (non-hydrogen) atoms. The first kappa shape index (κ1) is 10.3. The Hall–Kier alpha value is -1.25. The van der Waals surface area contributed by atoms with Gasteiger partial charge in [-0.1, -0.05) is 6.92 Å². The van der Waals surface area contributed by atoms with Gasteiger partial charge in [-0.2, -0.15) is 0 Å². The van der Waals surface area contributed by atoms with Crippen LogP contribution in [0.1, 0.15) is 31.7 Å². The summed E-state index contributed by atoms with van der Waals surface area (Å²) in [5.74, 6) is 1.75. The van der Waals surface area contributed by atoms with E-state index in [9.17, 15) is 0 Å². The Balaban J connectivity index is 2.02. The van der Waals surface area contributed by atoms with Gasteiger partial charge in [-0.25, -0.2) is 4.98 Å². The van der Waals surface area contributed by atoms with Crippen molar-refractivity contribution in [1.29, 1.82) is 0 Å². The number of nitrogens with one attached hydrogen (secondary N) is 1. The van der Waals surface area contributed by atoms with E-state index in [1.165, 1.54) is 19.3 Å². The number of anilines is 2. The van der Waals surface area contributed by atoms with Crippen LogP contribution in [0.3, 0.4) is 0 Å². The molecule has 82 valence electrons. The fraction of sp³-hybridized carbons (Fsp3) is 0.583. The van der Waals surface area contributed by atoms with Crippen LogP contribution in [-0.2, 0) is 0 Å². The summed E-state index contributed by atoms with van der Waals surface area (Å²) in [7, 11) is 0. The Morgan fingerprint density at radius 3 is 2.87 bits per heavy atom. The SMILES string of the molecule is Cc1cnc(NC2CCC(C)C2)cc1N. The molecule has 0 bridgehead atoms. The second-order valence-electron chi connectivity index (χ2n) is 4.69. The molecule has 0 aliphatic heterocycles. The minimum atomic E-state index is 0.578. The number of rotatable bonds is 2. The highest BCUT2D eigenvalue weighted by Gasteiger charge is 2.21. The summed E-state index contributed by atoms with van der Waals surface area (Å²) in [5.41, 5.74) is 7.70. The molecule has 1 saturated carbocycles. The van der Waals surface area contributed by atoms with Crippen molar-refractivity contribution in [3.63, 3.8) is 0 Å². The molecule has 3 N–H and O–H groups in total.